The number of nitrogens with zero attached hydrogens (tertiary/aromatic N) is 2. The number of aliphatic hydroxyl groups is 1. The molecule has 0 aliphatic heterocycles. The minimum atomic E-state index is -0.0612. The molecule has 1 unspecified atom stereocenters. The number of aliphatic hydroxyl groups excluding tert-OH is 1. The highest BCUT2D eigenvalue weighted by atomic mass is 16.4. The Balaban J connectivity index is 1.52. The quantitative estimate of drug-likeness (QED) is 0.689. The maximum Gasteiger partial charge on any atom is 0.129 e. The van der Waals surface area contributed by atoms with Crippen LogP contribution in [0.25, 0.3) is 5.69 Å². The van der Waals surface area contributed by atoms with E-state index in [1.807, 2.05) is 18.3 Å². The normalized spacial score (nSPS) is 16.9. The van der Waals surface area contributed by atoms with E-state index < -0.39 is 0 Å². The van der Waals surface area contributed by atoms with Crippen LogP contribution in [0.3, 0.4) is 0 Å². The van der Waals surface area contributed by atoms with Crippen LogP contribution >= 0.6 is 0 Å². The van der Waals surface area contributed by atoms with Crippen LogP contribution in [0.1, 0.15) is 68.0 Å². The van der Waals surface area contributed by atoms with E-state index >= 15 is 0 Å². The molecule has 0 spiro atoms. The molecule has 3 aromatic rings. The zero-order chi connectivity index (χ0) is 19.7. The fourth-order valence-corrected chi connectivity index (χ4v) is 3.92. The average Bonchev–Trinajstić information content (AvgIpc) is 3.33. The number of fused-ring (bicyclic) bond motifs is 1. The molecule has 2 heterocycles. The number of nitrogens with one attached hydrogen (secondary N) is 1. The molecule has 1 atom stereocenters. The summed E-state index contributed by atoms with van der Waals surface area (Å²) in [5.74, 6) is 1.45. The largest absolute Gasteiger partial charge is 0.462 e. The van der Waals surface area contributed by atoms with E-state index in [4.69, 9.17) is 14.6 Å². The van der Waals surface area contributed by atoms with Crippen molar-refractivity contribution in [1.82, 2.24) is 15.1 Å². The highest BCUT2D eigenvalue weighted by molar-refractivity contribution is 5.40. The van der Waals surface area contributed by atoms with E-state index in [1.54, 1.807) is 0 Å². The molecule has 0 amide bonds. The molecular weight excluding hydrogens is 350 g/mol. The van der Waals surface area contributed by atoms with Gasteiger partial charge in [0.05, 0.1) is 18.4 Å². The first-order valence-corrected chi connectivity index (χ1v) is 10.1. The second kappa shape index (κ2) is 7.57. The van der Waals surface area contributed by atoms with Gasteiger partial charge >= 0.3 is 0 Å². The van der Waals surface area contributed by atoms with Gasteiger partial charge in [-0.1, -0.05) is 32.9 Å². The molecule has 148 valence electrons. The predicted octanol–water partition coefficient (Wildman–Crippen LogP) is 4.42. The zero-order valence-corrected chi connectivity index (χ0v) is 16.9. The predicted molar refractivity (Wildman–Crippen MR) is 109 cm³/mol. The second-order valence-corrected chi connectivity index (χ2v) is 8.61. The van der Waals surface area contributed by atoms with E-state index in [0.717, 1.165) is 30.7 Å². The standard InChI is InChI=1S/C23H29N3O2/c1-23(2,3)16-7-9-17(10-8-16)26-22-6-4-5-21(20(22)14-25-26)24-13-18-11-12-19(15-27)28-18/h7-12,14,21,24,27H,4-6,13,15H2,1-3H3. The minimum absolute atomic E-state index is 0.0612. The monoisotopic (exact) mass is 379 g/mol. The average molecular weight is 380 g/mol. The van der Waals surface area contributed by atoms with Crippen LogP contribution in [0.5, 0.6) is 0 Å². The lowest BCUT2D eigenvalue weighted by Crippen LogP contribution is -2.24. The Morgan fingerprint density at radius 2 is 1.89 bits per heavy atom. The molecule has 0 fully saturated rings. The molecule has 0 saturated heterocycles. The van der Waals surface area contributed by atoms with Crippen LogP contribution < -0.4 is 5.32 Å². The first-order valence-electron chi connectivity index (χ1n) is 10.1. The molecule has 5 nitrogen and oxygen atoms in total. The van der Waals surface area contributed by atoms with Crippen molar-refractivity contribution in [3.63, 3.8) is 0 Å². The molecule has 1 aliphatic rings. The van der Waals surface area contributed by atoms with Crippen molar-refractivity contribution < 1.29 is 9.52 Å². The van der Waals surface area contributed by atoms with Crippen molar-refractivity contribution in [3.05, 3.63) is 70.9 Å². The third-order valence-electron chi connectivity index (χ3n) is 5.56. The number of hydrogen-bond donors (Lipinski definition) is 2. The molecule has 4 rings (SSSR count). The van der Waals surface area contributed by atoms with Crippen molar-refractivity contribution in [1.29, 1.82) is 0 Å². The molecule has 0 bridgehead atoms. The lowest BCUT2D eigenvalue weighted by atomic mass is 9.87. The Labute approximate surface area is 166 Å². The lowest BCUT2D eigenvalue weighted by Gasteiger charge is -2.24. The van der Waals surface area contributed by atoms with Gasteiger partial charge in [-0.15, -0.1) is 0 Å². The van der Waals surface area contributed by atoms with Crippen molar-refractivity contribution in [2.24, 2.45) is 0 Å². The SMILES string of the molecule is CC(C)(C)c1ccc(-n2ncc3c2CCCC3NCc2ccc(CO)o2)cc1. The fourth-order valence-electron chi connectivity index (χ4n) is 3.92. The van der Waals surface area contributed by atoms with Crippen LogP contribution in [0.2, 0.25) is 0 Å². The van der Waals surface area contributed by atoms with Crippen molar-refractivity contribution in [3.8, 4) is 5.69 Å². The summed E-state index contributed by atoms with van der Waals surface area (Å²) >= 11 is 0. The fraction of sp³-hybridized carbons (Fsp3) is 0.435. The number of aromatic nitrogens is 2. The molecule has 5 heteroatoms. The van der Waals surface area contributed by atoms with E-state index in [2.05, 4.69) is 55.0 Å². The smallest absolute Gasteiger partial charge is 0.129 e. The molecule has 28 heavy (non-hydrogen) atoms. The summed E-state index contributed by atoms with van der Waals surface area (Å²) in [6, 6.07) is 12.8. The van der Waals surface area contributed by atoms with Gasteiger partial charge in [0.15, 0.2) is 0 Å². The molecular formula is C23H29N3O2. The van der Waals surface area contributed by atoms with E-state index in [0.29, 0.717) is 12.3 Å². The second-order valence-electron chi connectivity index (χ2n) is 8.61. The summed E-state index contributed by atoms with van der Waals surface area (Å²) in [7, 11) is 0. The first-order chi connectivity index (χ1) is 13.5. The van der Waals surface area contributed by atoms with E-state index in [9.17, 15) is 0 Å². The number of rotatable bonds is 5. The summed E-state index contributed by atoms with van der Waals surface area (Å²) in [6.07, 6.45) is 5.28. The summed E-state index contributed by atoms with van der Waals surface area (Å²) in [6.45, 7) is 7.29. The van der Waals surface area contributed by atoms with Crippen molar-refractivity contribution >= 4 is 0 Å². The topological polar surface area (TPSA) is 63.2 Å². The van der Waals surface area contributed by atoms with Crippen LogP contribution in [0, 0.1) is 0 Å². The van der Waals surface area contributed by atoms with Crippen molar-refractivity contribution in [2.45, 2.75) is 64.6 Å². The number of hydrogen-bond acceptors (Lipinski definition) is 4. The van der Waals surface area contributed by atoms with Gasteiger partial charge < -0.3 is 14.8 Å². The van der Waals surface area contributed by atoms with E-state index in [-0.39, 0.29) is 18.1 Å². The van der Waals surface area contributed by atoms with Gasteiger partial charge in [0.25, 0.3) is 0 Å². The molecule has 2 aromatic heterocycles. The summed E-state index contributed by atoms with van der Waals surface area (Å²) in [5, 5.41) is 17.4. The summed E-state index contributed by atoms with van der Waals surface area (Å²) < 4.78 is 7.68. The maximum absolute atomic E-state index is 9.15. The molecule has 1 aromatic carbocycles. The van der Waals surface area contributed by atoms with Crippen LogP contribution in [0.4, 0.5) is 0 Å². The van der Waals surface area contributed by atoms with Crippen LogP contribution in [-0.2, 0) is 25.0 Å². The lowest BCUT2D eigenvalue weighted by molar-refractivity contribution is 0.242. The Kier molecular flexibility index (Phi) is 5.13. The van der Waals surface area contributed by atoms with Gasteiger partial charge in [-0.2, -0.15) is 5.10 Å². The van der Waals surface area contributed by atoms with Crippen LogP contribution in [0.15, 0.2) is 47.0 Å². The highest BCUT2D eigenvalue weighted by Crippen LogP contribution is 2.32. The van der Waals surface area contributed by atoms with E-state index in [1.165, 1.54) is 16.8 Å². The Morgan fingerprint density at radius 1 is 1.14 bits per heavy atom. The Morgan fingerprint density at radius 3 is 2.57 bits per heavy atom. The van der Waals surface area contributed by atoms with Gasteiger partial charge in [-0.05, 0) is 54.5 Å². The third-order valence-corrected chi connectivity index (χ3v) is 5.56. The molecule has 0 saturated carbocycles. The van der Waals surface area contributed by atoms with Gasteiger partial charge in [-0.3, -0.25) is 0 Å². The number of furan rings is 1. The number of benzene rings is 1. The molecule has 1 aliphatic carbocycles. The first kappa shape index (κ1) is 19.0. The van der Waals surface area contributed by atoms with Crippen LogP contribution in [-0.4, -0.2) is 14.9 Å². The zero-order valence-electron chi connectivity index (χ0n) is 16.9. The maximum atomic E-state index is 9.15. The Hall–Kier alpha value is -2.37. The summed E-state index contributed by atoms with van der Waals surface area (Å²) in [5.41, 5.74) is 5.17. The van der Waals surface area contributed by atoms with Gasteiger partial charge in [0.1, 0.15) is 18.1 Å². The van der Waals surface area contributed by atoms with Gasteiger partial charge in [-0.25, -0.2) is 4.68 Å². The van der Waals surface area contributed by atoms with Crippen molar-refractivity contribution in [2.75, 3.05) is 0 Å². The molecule has 0 radical (unpaired) electrons. The minimum Gasteiger partial charge on any atom is -0.462 e. The third kappa shape index (κ3) is 3.77. The highest BCUT2D eigenvalue weighted by Gasteiger charge is 2.25. The Bertz CT molecular complexity index is 932. The van der Waals surface area contributed by atoms with Gasteiger partial charge in [0, 0.05) is 17.3 Å². The molecule has 2 N–H and O–H groups in total. The summed E-state index contributed by atoms with van der Waals surface area (Å²) in [4.78, 5) is 0. The van der Waals surface area contributed by atoms with Gasteiger partial charge in [0.2, 0.25) is 0 Å².